The summed E-state index contributed by atoms with van der Waals surface area (Å²) in [5.74, 6) is 0.926. The first-order valence-corrected chi connectivity index (χ1v) is 4.23. The molecule has 0 saturated carbocycles. The fourth-order valence-corrected chi connectivity index (χ4v) is 1.64. The van der Waals surface area contributed by atoms with E-state index in [1.807, 2.05) is 6.07 Å². The van der Waals surface area contributed by atoms with Crippen molar-refractivity contribution in [1.29, 1.82) is 0 Å². The van der Waals surface area contributed by atoms with Gasteiger partial charge >= 0.3 is 0 Å². The van der Waals surface area contributed by atoms with E-state index >= 15 is 0 Å². The van der Waals surface area contributed by atoms with Gasteiger partial charge in [0.15, 0.2) is 0 Å². The molecule has 2 rings (SSSR count). The second-order valence-corrected chi connectivity index (χ2v) is 3.27. The molecule has 2 nitrogen and oxygen atoms in total. The number of fused-ring (bicyclic) bond motifs is 1. The first kappa shape index (κ1) is 7.47. The third kappa shape index (κ3) is 1.13. The van der Waals surface area contributed by atoms with Gasteiger partial charge in [-0.05, 0) is 25.0 Å². The molecule has 1 aliphatic rings. The molecule has 0 amide bonds. The summed E-state index contributed by atoms with van der Waals surface area (Å²) in [5.41, 5.74) is 2.62. The van der Waals surface area contributed by atoms with Crippen LogP contribution in [0.15, 0.2) is 18.2 Å². The maximum Gasteiger partial charge on any atom is 0.120 e. The van der Waals surface area contributed by atoms with E-state index in [2.05, 4.69) is 24.4 Å². The molecule has 64 valence electrons. The van der Waals surface area contributed by atoms with E-state index < -0.39 is 0 Å². The Morgan fingerprint density at radius 2 is 2.33 bits per heavy atom. The molecule has 1 aromatic carbocycles. The molecule has 2 heteroatoms. The minimum Gasteiger partial charge on any atom is -0.497 e. The summed E-state index contributed by atoms with van der Waals surface area (Å²) < 4.78 is 5.13. The zero-order chi connectivity index (χ0) is 8.55. The van der Waals surface area contributed by atoms with E-state index in [0.29, 0.717) is 6.04 Å². The average Bonchev–Trinajstić information content (AvgIpc) is 2.43. The van der Waals surface area contributed by atoms with Gasteiger partial charge in [-0.1, -0.05) is 6.07 Å². The van der Waals surface area contributed by atoms with Crippen molar-refractivity contribution in [3.63, 3.8) is 0 Å². The quantitative estimate of drug-likeness (QED) is 0.684. The summed E-state index contributed by atoms with van der Waals surface area (Å²) in [4.78, 5) is 0. The number of rotatable bonds is 1. The van der Waals surface area contributed by atoms with Crippen LogP contribution in [0, 0.1) is 0 Å². The lowest BCUT2D eigenvalue weighted by Crippen LogP contribution is -2.08. The van der Waals surface area contributed by atoms with Crippen LogP contribution in [-0.2, 0) is 6.42 Å². The van der Waals surface area contributed by atoms with Crippen molar-refractivity contribution in [3.05, 3.63) is 23.8 Å². The fourth-order valence-electron chi connectivity index (χ4n) is 1.64. The minimum absolute atomic E-state index is 0.562. The first-order valence-electron chi connectivity index (χ1n) is 4.23. The Bertz CT molecular complexity index is 296. The molecule has 0 spiro atoms. The van der Waals surface area contributed by atoms with Crippen LogP contribution in [0.25, 0.3) is 0 Å². The van der Waals surface area contributed by atoms with Crippen LogP contribution in [0.1, 0.15) is 12.5 Å². The van der Waals surface area contributed by atoms with Gasteiger partial charge in [-0.3, -0.25) is 0 Å². The Labute approximate surface area is 72.5 Å². The number of anilines is 1. The van der Waals surface area contributed by atoms with Crippen LogP contribution in [0.3, 0.4) is 0 Å². The van der Waals surface area contributed by atoms with Crippen LogP contribution in [0.5, 0.6) is 5.75 Å². The van der Waals surface area contributed by atoms with E-state index in [1.54, 1.807) is 7.11 Å². The van der Waals surface area contributed by atoms with Crippen LogP contribution in [0.4, 0.5) is 5.69 Å². The SMILES string of the molecule is COc1ccc2c(c1)NC(C)C2. The average molecular weight is 163 g/mol. The summed E-state index contributed by atoms with van der Waals surface area (Å²) in [5, 5.41) is 3.39. The van der Waals surface area contributed by atoms with Crippen molar-refractivity contribution in [2.24, 2.45) is 0 Å². The molecule has 0 fully saturated rings. The number of ether oxygens (including phenoxy) is 1. The second-order valence-electron chi connectivity index (χ2n) is 3.27. The monoisotopic (exact) mass is 163 g/mol. The van der Waals surface area contributed by atoms with E-state index in [1.165, 1.54) is 11.3 Å². The highest BCUT2D eigenvalue weighted by Gasteiger charge is 2.16. The maximum absolute atomic E-state index is 5.13. The number of nitrogens with one attached hydrogen (secondary N) is 1. The third-order valence-electron chi connectivity index (χ3n) is 2.25. The smallest absolute Gasteiger partial charge is 0.120 e. The summed E-state index contributed by atoms with van der Waals surface area (Å²) in [7, 11) is 1.69. The molecule has 1 heterocycles. The lowest BCUT2D eigenvalue weighted by atomic mass is 10.1. The molecule has 1 aromatic rings. The van der Waals surface area contributed by atoms with E-state index in [4.69, 9.17) is 4.74 Å². The van der Waals surface area contributed by atoms with Crippen molar-refractivity contribution in [2.75, 3.05) is 12.4 Å². The minimum atomic E-state index is 0.562. The standard InChI is InChI=1S/C10H13NO/c1-7-5-8-3-4-9(12-2)6-10(8)11-7/h3-4,6-7,11H,5H2,1-2H3. The van der Waals surface area contributed by atoms with Crippen molar-refractivity contribution in [1.82, 2.24) is 0 Å². The number of hydrogen-bond donors (Lipinski definition) is 1. The van der Waals surface area contributed by atoms with Crippen LogP contribution in [0.2, 0.25) is 0 Å². The van der Waals surface area contributed by atoms with Crippen LogP contribution < -0.4 is 10.1 Å². The van der Waals surface area contributed by atoms with Crippen molar-refractivity contribution >= 4 is 5.69 Å². The molecule has 0 bridgehead atoms. The Balaban J connectivity index is 2.35. The number of methoxy groups -OCH3 is 1. The summed E-state index contributed by atoms with van der Waals surface area (Å²) in [6.45, 7) is 2.19. The molecular formula is C10H13NO. The predicted octanol–water partition coefficient (Wildman–Crippen LogP) is 2.05. The van der Waals surface area contributed by atoms with Gasteiger partial charge in [-0.25, -0.2) is 0 Å². The fraction of sp³-hybridized carbons (Fsp3) is 0.400. The molecule has 0 aliphatic carbocycles. The van der Waals surface area contributed by atoms with E-state index in [0.717, 1.165) is 12.2 Å². The van der Waals surface area contributed by atoms with Gasteiger partial charge < -0.3 is 10.1 Å². The van der Waals surface area contributed by atoms with Gasteiger partial charge in [0, 0.05) is 17.8 Å². The van der Waals surface area contributed by atoms with Gasteiger partial charge in [-0.2, -0.15) is 0 Å². The predicted molar refractivity (Wildman–Crippen MR) is 49.8 cm³/mol. The summed E-state index contributed by atoms with van der Waals surface area (Å²) in [6.07, 6.45) is 1.12. The van der Waals surface area contributed by atoms with Gasteiger partial charge in [0.05, 0.1) is 7.11 Å². The van der Waals surface area contributed by atoms with Gasteiger partial charge in [0.2, 0.25) is 0 Å². The van der Waals surface area contributed by atoms with Crippen molar-refractivity contribution in [3.8, 4) is 5.75 Å². The van der Waals surface area contributed by atoms with Crippen LogP contribution >= 0.6 is 0 Å². The Kier molecular flexibility index (Phi) is 1.68. The molecule has 1 aliphatic heterocycles. The van der Waals surface area contributed by atoms with E-state index in [9.17, 15) is 0 Å². The molecule has 0 saturated heterocycles. The Hall–Kier alpha value is -1.18. The highest BCUT2D eigenvalue weighted by atomic mass is 16.5. The van der Waals surface area contributed by atoms with Gasteiger partial charge in [0.1, 0.15) is 5.75 Å². The molecule has 1 N–H and O–H groups in total. The zero-order valence-electron chi connectivity index (χ0n) is 7.42. The van der Waals surface area contributed by atoms with Crippen molar-refractivity contribution in [2.45, 2.75) is 19.4 Å². The lowest BCUT2D eigenvalue weighted by Gasteiger charge is -2.04. The molecule has 0 aromatic heterocycles. The van der Waals surface area contributed by atoms with E-state index in [-0.39, 0.29) is 0 Å². The highest BCUT2D eigenvalue weighted by Crippen LogP contribution is 2.29. The first-order chi connectivity index (χ1) is 5.79. The zero-order valence-corrected chi connectivity index (χ0v) is 7.42. The normalized spacial score (nSPS) is 20.0. The van der Waals surface area contributed by atoms with Crippen molar-refractivity contribution < 1.29 is 4.74 Å². The van der Waals surface area contributed by atoms with Gasteiger partial charge in [-0.15, -0.1) is 0 Å². The molecule has 1 unspecified atom stereocenters. The van der Waals surface area contributed by atoms with Crippen LogP contribution in [-0.4, -0.2) is 13.2 Å². The number of hydrogen-bond acceptors (Lipinski definition) is 2. The molecule has 0 radical (unpaired) electrons. The molecular weight excluding hydrogens is 150 g/mol. The summed E-state index contributed by atoms with van der Waals surface area (Å²) >= 11 is 0. The Morgan fingerprint density at radius 3 is 3.08 bits per heavy atom. The Morgan fingerprint density at radius 1 is 1.50 bits per heavy atom. The highest BCUT2D eigenvalue weighted by molar-refractivity contribution is 5.59. The summed E-state index contributed by atoms with van der Waals surface area (Å²) in [6, 6.07) is 6.76. The second kappa shape index (κ2) is 2.70. The topological polar surface area (TPSA) is 21.3 Å². The lowest BCUT2D eigenvalue weighted by molar-refractivity contribution is 0.415. The number of benzene rings is 1. The molecule has 12 heavy (non-hydrogen) atoms. The largest absolute Gasteiger partial charge is 0.497 e. The molecule has 1 atom stereocenters. The maximum atomic E-state index is 5.13. The van der Waals surface area contributed by atoms with Gasteiger partial charge in [0.25, 0.3) is 0 Å². The third-order valence-corrected chi connectivity index (χ3v) is 2.25.